The Morgan fingerprint density at radius 3 is 2.73 bits per heavy atom. The second-order valence-electron chi connectivity index (χ2n) is 6.03. The monoisotopic (exact) mass is 366 g/mol. The molecule has 0 radical (unpaired) electrons. The van der Waals surface area contributed by atoms with E-state index < -0.39 is 22.9 Å². The van der Waals surface area contributed by atoms with Crippen LogP contribution in [0, 0.1) is 16.0 Å². The number of nitro groups is 1. The van der Waals surface area contributed by atoms with Gasteiger partial charge in [0.25, 0.3) is 11.6 Å². The highest BCUT2D eigenvalue weighted by Crippen LogP contribution is 2.38. The minimum absolute atomic E-state index is 0.0700. The predicted molar refractivity (Wildman–Crippen MR) is 92.2 cm³/mol. The SMILES string of the molecule is CCOCCOC(=O)CN1C(=O)C(C(C)C)Oc2ccc([N+](=O)[O-])cc21. The van der Waals surface area contributed by atoms with E-state index in [0.717, 1.165) is 0 Å². The number of ether oxygens (including phenoxy) is 3. The van der Waals surface area contributed by atoms with Crippen molar-refractivity contribution < 1.29 is 28.7 Å². The van der Waals surface area contributed by atoms with Crippen molar-refractivity contribution in [3.8, 4) is 5.75 Å². The summed E-state index contributed by atoms with van der Waals surface area (Å²) in [7, 11) is 0. The summed E-state index contributed by atoms with van der Waals surface area (Å²) < 4.78 is 15.8. The number of nitro benzene ring substituents is 1. The van der Waals surface area contributed by atoms with Crippen LogP contribution in [0.25, 0.3) is 0 Å². The molecule has 0 spiro atoms. The number of rotatable bonds is 8. The topological polar surface area (TPSA) is 108 Å². The molecule has 1 aromatic carbocycles. The molecule has 142 valence electrons. The molecule has 1 aliphatic heterocycles. The van der Waals surface area contributed by atoms with Gasteiger partial charge in [-0.25, -0.2) is 0 Å². The number of nitrogens with zero attached hydrogens (tertiary/aromatic N) is 2. The number of carbonyl (C=O) groups is 2. The van der Waals surface area contributed by atoms with Crippen LogP contribution in [0.2, 0.25) is 0 Å². The summed E-state index contributed by atoms with van der Waals surface area (Å²) in [6.45, 7) is 5.94. The molecule has 1 aliphatic rings. The smallest absolute Gasteiger partial charge is 0.326 e. The van der Waals surface area contributed by atoms with Crippen molar-refractivity contribution in [3.05, 3.63) is 28.3 Å². The number of benzene rings is 1. The molecule has 1 unspecified atom stereocenters. The third kappa shape index (κ3) is 4.48. The molecule has 9 nitrogen and oxygen atoms in total. The van der Waals surface area contributed by atoms with Crippen LogP contribution in [0.5, 0.6) is 5.75 Å². The third-order valence-corrected chi connectivity index (χ3v) is 3.80. The molecule has 0 saturated carbocycles. The summed E-state index contributed by atoms with van der Waals surface area (Å²) in [5.41, 5.74) is -0.0132. The molecule has 2 rings (SSSR count). The van der Waals surface area contributed by atoms with Gasteiger partial charge in [-0.2, -0.15) is 0 Å². The van der Waals surface area contributed by atoms with Crippen LogP contribution >= 0.6 is 0 Å². The van der Waals surface area contributed by atoms with Gasteiger partial charge in [-0.3, -0.25) is 24.6 Å². The van der Waals surface area contributed by atoms with Crippen LogP contribution in [-0.4, -0.2) is 49.3 Å². The maximum Gasteiger partial charge on any atom is 0.326 e. The molecule has 0 fully saturated rings. The van der Waals surface area contributed by atoms with Gasteiger partial charge in [0.1, 0.15) is 18.9 Å². The number of amides is 1. The highest BCUT2D eigenvalue weighted by Gasteiger charge is 2.38. The number of carbonyl (C=O) groups excluding carboxylic acids is 2. The Morgan fingerprint density at radius 2 is 2.12 bits per heavy atom. The average Bonchev–Trinajstić information content (AvgIpc) is 2.60. The van der Waals surface area contributed by atoms with Crippen molar-refractivity contribution in [2.75, 3.05) is 31.3 Å². The van der Waals surface area contributed by atoms with Crippen LogP contribution in [0.1, 0.15) is 20.8 Å². The molecular formula is C17H22N2O7. The number of non-ortho nitro benzene ring substituents is 1. The minimum Gasteiger partial charge on any atom is -0.478 e. The summed E-state index contributed by atoms with van der Waals surface area (Å²) in [4.78, 5) is 36.4. The van der Waals surface area contributed by atoms with E-state index in [9.17, 15) is 19.7 Å². The van der Waals surface area contributed by atoms with Gasteiger partial charge in [-0.1, -0.05) is 13.8 Å². The molecule has 0 aliphatic carbocycles. The molecule has 0 saturated heterocycles. The van der Waals surface area contributed by atoms with Crippen LogP contribution in [0.15, 0.2) is 18.2 Å². The first-order valence-electron chi connectivity index (χ1n) is 8.35. The van der Waals surface area contributed by atoms with Crippen molar-refractivity contribution in [2.45, 2.75) is 26.9 Å². The lowest BCUT2D eigenvalue weighted by Crippen LogP contribution is -2.50. The van der Waals surface area contributed by atoms with Crippen molar-refractivity contribution in [2.24, 2.45) is 5.92 Å². The number of esters is 1. The lowest BCUT2D eigenvalue weighted by atomic mass is 10.0. The fourth-order valence-electron chi connectivity index (χ4n) is 2.51. The lowest BCUT2D eigenvalue weighted by Gasteiger charge is -2.35. The second-order valence-corrected chi connectivity index (χ2v) is 6.03. The molecule has 1 aromatic rings. The van der Waals surface area contributed by atoms with Crippen molar-refractivity contribution in [1.82, 2.24) is 0 Å². The highest BCUT2D eigenvalue weighted by molar-refractivity contribution is 6.03. The van der Waals surface area contributed by atoms with Gasteiger partial charge in [-0.05, 0) is 18.9 Å². The van der Waals surface area contributed by atoms with Crippen molar-refractivity contribution in [3.63, 3.8) is 0 Å². The van der Waals surface area contributed by atoms with Gasteiger partial charge < -0.3 is 14.2 Å². The summed E-state index contributed by atoms with van der Waals surface area (Å²) in [6, 6.07) is 3.95. The van der Waals surface area contributed by atoms with Crippen molar-refractivity contribution >= 4 is 23.3 Å². The Kier molecular flexibility index (Phi) is 6.51. The first-order valence-corrected chi connectivity index (χ1v) is 8.35. The zero-order valence-corrected chi connectivity index (χ0v) is 15.0. The largest absolute Gasteiger partial charge is 0.478 e. The Hall–Kier alpha value is -2.68. The van der Waals surface area contributed by atoms with Crippen LogP contribution in [0.4, 0.5) is 11.4 Å². The molecule has 0 bridgehead atoms. The van der Waals surface area contributed by atoms with E-state index in [1.54, 1.807) is 0 Å². The molecule has 0 aromatic heterocycles. The van der Waals surface area contributed by atoms with Gasteiger partial charge in [0, 0.05) is 18.7 Å². The second kappa shape index (κ2) is 8.61. The third-order valence-electron chi connectivity index (χ3n) is 3.80. The van der Waals surface area contributed by atoms with Gasteiger partial charge >= 0.3 is 5.97 Å². The van der Waals surface area contributed by atoms with Gasteiger partial charge in [0.15, 0.2) is 6.10 Å². The molecule has 1 heterocycles. The van der Waals surface area contributed by atoms with Gasteiger partial charge in [0.2, 0.25) is 0 Å². The standard InChI is InChI=1S/C17H22N2O7/c1-4-24-7-8-25-15(20)10-18-13-9-12(19(22)23)5-6-14(13)26-16(11(2)3)17(18)21/h5-6,9,11,16H,4,7-8,10H2,1-3H3. The zero-order chi connectivity index (χ0) is 19.3. The Bertz CT molecular complexity index is 690. The predicted octanol–water partition coefficient (Wildman–Crippen LogP) is 1.92. The summed E-state index contributed by atoms with van der Waals surface area (Å²) >= 11 is 0. The van der Waals surface area contributed by atoms with Gasteiger partial charge in [0.05, 0.1) is 17.2 Å². The summed E-state index contributed by atoms with van der Waals surface area (Å²) in [5, 5.41) is 11.0. The Morgan fingerprint density at radius 1 is 1.38 bits per heavy atom. The van der Waals surface area contributed by atoms with Crippen LogP contribution in [-0.2, 0) is 19.1 Å². The Balaban J connectivity index is 2.24. The van der Waals surface area contributed by atoms with Crippen LogP contribution < -0.4 is 9.64 Å². The van der Waals surface area contributed by atoms with E-state index in [4.69, 9.17) is 14.2 Å². The van der Waals surface area contributed by atoms with E-state index in [0.29, 0.717) is 12.4 Å². The van der Waals surface area contributed by atoms with E-state index >= 15 is 0 Å². The van der Waals surface area contributed by atoms with E-state index in [2.05, 4.69) is 0 Å². The van der Waals surface area contributed by atoms with Crippen LogP contribution in [0.3, 0.4) is 0 Å². The first-order chi connectivity index (χ1) is 12.3. The maximum atomic E-state index is 12.7. The number of fused-ring (bicyclic) bond motifs is 1. The molecule has 0 N–H and O–H groups in total. The fraction of sp³-hybridized carbons (Fsp3) is 0.529. The molecule has 1 atom stereocenters. The van der Waals surface area contributed by atoms with Gasteiger partial charge in [-0.15, -0.1) is 0 Å². The number of hydrogen-bond donors (Lipinski definition) is 0. The van der Waals surface area contributed by atoms with E-state index in [-0.39, 0.29) is 37.1 Å². The first kappa shape index (κ1) is 19.6. The quantitative estimate of drug-likeness (QED) is 0.299. The zero-order valence-electron chi connectivity index (χ0n) is 15.0. The summed E-state index contributed by atoms with van der Waals surface area (Å²) in [6.07, 6.45) is -0.778. The summed E-state index contributed by atoms with van der Waals surface area (Å²) in [5.74, 6) is -0.881. The Labute approximate surface area is 151 Å². The molecule has 26 heavy (non-hydrogen) atoms. The molecular weight excluding hydrogens is 344 g/mol. The minimum atomic E-state index is -0.778. The van der Waals surface area contributed by atoms with E-state index in [1.807, 2.05) is 20.8 Å². The number of anilines is 1. The molecule has 9 heteroatoms. The number of hydrogen-bond acceptors (Lipinski definition) is 7. The molecule has 1 amide bonds. The average molecular weight is 366 g/mol. The van der Waals surface area contributed by atoms with Crippen molar-refractivity contribution in [1.29, 1.82) is 0 Å². The maximum absolute atomic E-state index is 12.7. The lowest BCUT2D eigenvalue weighted by molar-refractivity contribution is -0.384. The highest BCUT2D eigenvalue weighted by atomic mass is 16.6. The van der Waals surface area contributed by atoms with E-state index in [1.165, 1.54) is 23.1 Å². The normalized spacial score (nSPS) is 16.2. The fourth-order valence-corrected chi connectivity index (χ4v) is 2.51.